The molecule has 0 saturated heterocycles. The monoisotopic (exact) mass is 331 g/mol. The summed E-state index contributed by atoms with van der Waals surface area (Å²) in [4.78, 5) is 11.7. The van der Waals surface area contributed by atoms with Gasteiger partial charge >= 0.3 is 5.97 Å². The lowest BCUT2D eigenvalue weighted by Gasteiger charge is -2.19. The van der Waals surface area contributed by atoms with E-state index >= 15 is 0 Å². The van der Waals surface area contributed by atoms with E-state index in [1.54, 1.807) is 0 Å². The van der Waals surface area contributed by atoms with Gasteiger partial charge in [-0.3, -0.25) is 9.48 Å². The number of ether oxygens (including phenoxy) is 1. The number of hydrogen-bond acceptors (Lipinski definition) is 4. The van der Waals surface area contributed by atoms with Crippen LogP contribution in [0.25, 0.3) is 0 Å². The molecule has 1 rings (SSSR count). The molecule has 1 unspecified atom stereocenters. The fourth-order valence-electron chi connectivity index (χ4n) is 1.96. The predicted octanol–water partition coefficient (Wildman–Crippen LogP) is 2.19. The Balaban J connectivity index is 2.70. The van der Waals surface area contributed by atoms with Gasteiger partial charge in [0.15, 0.2) is 0 Å². The molecule has 0 saturated carbocycles. The number of nitrogens with one attached hydrogen (secondary N) is 1. The fourth-order valence-corrected chi connectivity index (χ4v) is 2.24. The maximum absolute atomic E-state index is 11.7. The zero-order chi connectivity index (χ0) is 14.6. The number of esters is 1. The Bertz CT molecular complexity index is 443. The molecule has 1 N–H and O–H groups in total. The Morgan fingerprint density at radius 2 is 2.11 bits per heavy atom. The molecule has 108 valence electrons. The van der Waals surface area contributed by atoms with Crippen molar-refractivity contribution in [3.8, 4) is 0 Å². The summed E-state index contributed by atoms with van der Waals surface area (Å²) in [7, 11) is 1.41. The number of carbonyl (C=O) groups excluding carboxylic acids is 1. The van der Waals surface area contributed by atoms with Crippen molar-refractivity contribution < 1.29 is 9.53 Å². The van der Waals surface area contributed by atoms with E-state index in [-0.39, 0.29) is 18.1 Å². The Kier molecular flexibility index (Phi) is 6.00. The average molecular weight is 332 g/mol. The molecule has 6 heteroatoms. The van der Waals surface area contributed by atoms with Crippen molar-refractivity contribution in [2.45, 2.75) is 52.7 Å². The minimum Gasteiger partial charge on any atom is -0.468 e. The van der Waals surface area contributed by atoms with Gasteiger partial charge in [0.1, 0.15) is 6.04 Å². The molecule has 0 amide bonds. The third-order valence-corrected chi connectivity index (χ3v) is 4.09. The lowest BCUT2D eigenvalue weighted by Crippen LogP contribution is -2.42. The molecule has 5 nitrogen and oxygen atoms in total. The Labute approximate surface area is 122 Å². The van der Waals surface area contributed by atoms with Gasteiger partial charge in [0.05, 0.1) is 17.3 Å². The smallest absolute Gasteiger partial charge is 0.322 e. The molecule has 0 aliphatic heterocycles. The highest BCUT2D eigenvalue weighted by Crippen LogP contribution is 2.20. The van der Waals surface area contributed by atoms with E-state index in [0.717, 1.165) is 15.9 Å². The topological polar surface area (TPSA) is 56.2 Å². The number of carbonyl (C=O) groups is 1. The SMILES string of the molecule is COC(=O)C(CCn1nc(C)c(Br)c1C)NC(C)C. The van der Waals surface area contributed by atoms with Crippen molar-refractivity contribution in [3.63, 3.8) is 0 Å². The standard InChI is InChI=1S/C13H22BrN3O2/c1-8(2)15-11(13(18)19-5)6-7-17-10(4)12(14)9(3)16-17/h8,11,15H,6-7H2,1-5H3. The maximum Gasteiger partial charge on any atom is 0.322 e. The molecule has 0 aliphatic rings. The van der Waals surface area contributed by atoms with Crippen LogP contribution in [-0.4, -0.2) is 34.9 Å². The molecule has 1 atom stereocenters. The van der Waals surface area contributed by atoms with Crippen molar-refractivity contribution in [2.24, 2.45) is 0 Å². The first-order chi connectivity index (χ1) is 8.86. The first kappa shape index (κ1) is 16.2. The van der Waals surface area contributed by atoms with Crippen LogP contribution >= 0.6 is 15.9 Å². The van der Waals surface area contributed by atoms with Crippen LogP contribution in [-0.2, 0) is 16.1 Å². The van der Waals surface area contributed by atoms with Crippen LogP contribution in [0.15, 0.2) is 4.47 Å². The number of aryl methyl sites for hydroxylation is 2. The summed E-state index contributed by atoms with van der Waals surface area (Å²) in [6.07, 6.45) is 0.652. The molecule has 19 heavy (non-hydrogen) atoms. The number of nitrogens with zero attached hydrogens (tertiary/aromatic N) is 2. The van der Waals surface area contributed by atoms with Crippen LogP contribution in [0, 0.1) is 13.8 Å². The first-order valence-corrected chi connectivity index (χ1v) is 7.19. The van der Waals surface area contributed by atoms with Crippen molar-refractivity contribution in [2.75, 3.05) is 7.11 Å². The van der Waals surface area contributed by atoms with Gasteiger partial charge in [0.25, 0.3) is 0 Å². The lowest BCUT2D eigenvalue weighted by atomic mass is 10.2. The van der Waals surface area contributed by atoms with Gasteiger partial charge in [0, 0.05) is 18.3 Å². The zero-order valence-electron chi connectivity index (χ0n) is 12.2. The van der Waals surface area contributed by atoms with Crippen molar-refractivity contribution in [3.05, 3.63) is 15.9 Å². The highest BCUT2D eigenvalue weighted by atomic mass is 79.9. The third kappa shape index (κ3) is 4.31. The van der Waals surface area contributed by atoms with Crippen LogP contribution in [0.2, 0.25) is 0 Å². The first-order valence-electron chi connectivity index (χ1n) is 6.40. The number of hydrogen-bond donors (Lipinski definition) is 1. The van der Waals surface area contributed by atoms with E-state index in [0.29, 0.717) is 13.0 Å². The van der Waals surface area contributed by atoms with Crippen LogP contribution in [0.5, 0.6) is 0 Å². The van der Waals surface area contributed by atoms with Crippen molar-refractivity contribution in [1.29, 1.82) is 0 Å². The summed E-state index contributed by atoms with van der Waals surface area (Å²) >= 11 is 3.50. The zero-order valence-corrected chi connectivity index (χ0v) is 13.7. The lowest BCUT2D eigenvalue weighted by molar-refractivity contribution is -0.143. The second-order valence-electron chi connectivity index (χ2n) is 4.89. The predicted molar refractivity (Wildman–Crippen MR) is 78.1 cm³/mol. The fraction of sp³-hybridized carbons (Fsp3) is 0.692. The van der Waals surface area contributed by atoms with E-state index in [1.165, 1.54) is 7.11 Å². The molecular formula is C13H22BrN3O2. The summed E-state index contributed by atoms with van der Waals surface area (Å²) < 4.78 is 7.76. The number of aromatic nitrogens is 2. The van der Waals surface area contributed by atoms with Crippen molar-refractivity contribution in [1.82, 2.24) is 15.1 Å². The molecule has 1 heterocycles. The molecule has 0 aliphatic carbocycles. The summed E-state index contributed by atoms with van der Waals surface area (Å²) in [5, 5.41) is 7.65. The van der Waals surface area contributed by atoms with Crippen molar-refractivity contribution >= 4 is 21.9 Å². The Morgan fingerprint density at radius 1 is 1.47 bits per heavy atom. The minimum absolute atomic E-state index is 0.228. The Morgan fingerprint density at radius 3 is 2.53 bits per heavy atom. The molecule has 0 bridgehead atoms. The number of methoxy groups -OCH3 is 1. The van der Waals surface area contributed by atoms with Crippen LogP contribution in [0.3, 0.4) is 0 Å². The average Bonchev–Trinajstić information content (AvgIpc) is 2.60. The second kappa shape index (κ2) is 7.05. The van der Waals surface area contributed by atoms with Gasteiger partial charge in [0.2, 0.25) is 0 Å². The van der Waals surface area contributed by atoms with Gasteiger partial charge in [-0.25, -0.2) is 0 Å². The molecule has 0 fully saturated rings. The van der Waals surface area contributed by atoms with E-state index in [1.807, 2.05) is 32.4 Å². The highest BCUT2D eigenvalue weighted by molar-refractivity contribution is 9.10. The highest BCUT2D eigenvalue weighted by Gasteiger charge is 2.20. The maximum atomic E-state index is 11.7. The molecule has 1 aromatic rings. The molecule has 0 radical (unpaired) electrons. The van der Waals surface area contributed by atoms with Gasteiger partial charge in [-0.15, -0.1) is 0 Å². The molecule has 1 aromatic heterocycles. The number of rotatable bonds is 6. The second-order valence-corrected chi connectivity index (χ2v) is 5.69. The molecule has 0 spiro atoms. The van der Waals surface area contributed by atoms with Crippen LogP contribution in [0.4, 0.5) is 0 Å². The third-order valence-electron chi connectivity index (χ3n) is 2.94. The summed E-state index contributed by atoms with van der Waals surface area (Å²) in [5.41, 5.74) is 2.04. The van der Waals surface area contributed by atoms with E-state index in [4.69, 9.17) is 4.74 Å². The van der Waals surface area contributed by atoms with Crippen LogP contribution in [0.1, 0.15) is 31.7 Å². The quantitative estimate of drug-likeness (QED) is 0.812. The normalized spacial score (nSPS) is 12.8. The summed E-state index contributed by atoms with van der Waals surface area (Å²) in [6, 6.07) is -0.0658. The van der Waals surface area contributed by atoms with Gasteiger partial charge < -0.3 is 10.1 Å². The summed E-state index contributed by atoms with van der Waals surface area (Å²) in [5.74, 6) is -0.228. The Hall–Kier alpha value is -0.880. The molecular weight excluding hydrogens is 310 g/mol. The van der Waals surface area contributed by atoms with E-state index in [2.05, 4.69) is 26.3 Å². The van der Waals surface area contributed by atoms with E-state index in [9.17, 15) is 4.79 Å². The van der Waals surface area contributed by atoms with Gasteiger partial charge in [-0.1, -0.05) is 13.8 Å². The summed E-state index contributed by atoms with van der Waals surface area (Å²) in [6.45, 7) is 8.66. The van der Waals surface area contributed by atoms with Gasteiger partial charge in [-0.2, -0.15) is 5.10 Å². The number of halogens is 1. The van der Waals surface area contributed by atoms with Crippen LogP contribution < -0.4 is 5.32 Å². The van der Waals surface area contributed by atoms with E-state index < -0.39 is 0 Å². The minimum atomic E-state index is -0.298. The largest absolute Gasteiger partial charge is 0.468 e. The molecule has 0 aromatic carbocycles. The van der Waals surface area contributed by atoms with Gasteiger partial charge in [-0.05, 0) is 36.2 Å².